The summed E-state index contributed by atoms with van der Waals surface area (Å²) in [6.07, 6.45) is -4.62. The SMILES string of the molecule is CO[C@@H]1[C@@H](OC[C@@H]2[C@H]3O[C@@H]3CCC(=O)[C@](C)(O)C[C@@H](C)[C@H](O[C@H]3O[C@@H](C)C[C@@H](OC)[C@@H]3O)[C@H](C)/C=C/C(=O)O[C@H]2C)O[C@@H](C)[C@H](O)[C@@H]1OC. The van der Waals surface area contributed by atoms with Gasteiger partial charge in [0.25, 0.3) is 0 Å². The van der Waals surface area contributed by atoms with E-state index < -0.39 is 84.8 Å². The van der Waals surface area contributed by atoms with E-state index in [1.54, 1.807) is 19.9 Å². The van der Waals surface area contributed by atoms with Gasteiger partial charge in [-0.3, -0.25) is 4.79 Å². The molecule has 0 aliphatic carbocycles. The molecule has 3 fully saturated rings. The standard InChI is InChI=1S/C35H58O14/c1-17-10-13-26(37)46-20(4)22(16-44-34-32(43-9)31(42-8)27(38)21(5)47-34)30-23(48-30)11-12-25(36)35(6,40)15-18(2)29(17)49-33-28(39)24(41-7)14-19(3)45-33/h10,13,17-24,27-34,38-40H,11-12,14-16H2,1-9H3/b13-10+/t17-,18-,19+,20+,21+,22+,23-,24-,27+,28+,29-,30-,31+,32+,33-,34+,35-/m1/s1. The third-order valence-electron chi connectivity index (χ3n) is 10.5. The molecule has 0 radical (unpaired) electrons. The van der Waals surface area contributed by atoms with E-state index in [0.717, 1.165) is 0 Å². The number of ketones is 1. The second-order valence-corrected chi connectivity index (χ2v) is 14.4. The number of aliphatic hydroxyl groups excluding tert-OH is 2. The number of hydrogen-bond acceptors (Lipinski definition) is 14. The maximum absolute atomic E-state index is 13.4. The lowest BCUT2D eigenvalue weighted by Crippen LogP contribution is -2.59. The summed E-state index contributed by atoms with van der Waals surface area (Å²) in [5.41, 5.74) is -1.67. The van der Waals surface area contributed by atoms with E-state index >= 15 is 0 Å². The van der Waals surface area contributed by atoms with Crippen molar-refractivity contribution < 1.29 is 67.5 Å². The van der Waals surface area contributed by atoms with Gasteiger partial charge < -0.3 is 58.0 Å². The molecular weight excluding hydrogens is 644 g/mol. The van der Waals surface area contributed by atoms with Crippen molar-refractivity contribution in [3.63, 3.8) is 0 Å². The van der Waals surface area contributed by atoms with Crippen molar-refractivity contribution in [1.29, 1.82) is 0 Å². The lowest BCUT2D eigenvalue weighted by Gasteiger charge is -2.42. The first-order valence-electron chi connectivity index (χ1n) is 17.4. The summed E-state index contributed by atoms with van der Waals surface area (Å²) >= 11 is 0. The zero-order valence-electron chi connectivity index (χ0n) is 30.3. The van der Waals surface area contributed by atoms with Crippen molar-refractivity contribution in [2.45, 2.75) is 153 Å². The maximum Gasteiger partial charge on any atom is 0.330 e. The first-order valence-corrected chi connectivity index (χ1v) is 17.4. The normalized spacial score (nSPS) is 48.0. The van der Waals surface area contributed by atoms with Crippen LogP contribution in [0.3, 0.4) is 0 Å². The van der Waals surface area contributed by atoms with Gasteiger partial charge in [0.2, 0.25) is 0 Å². The molecule has 4 aliphatic rings. The van der Waals surface area contributed by atoms with Gasteiger partial charge in [0.15, 0.2) is 18.4 Å². The molecule has 0 spiro atoms. The van der Waals surface area contributed by atoms with Crippen LogP contribution in [-0.2, 0) is 52.2 Å². The van der Waals surface area contributed by atoms with Gasteiger partial charge in [-0.25, -0.2) is 4.79 Å². The number of hydrogen-bond donors (Lipinski definition) is 3. The molecular formula is C35H58O14. The zero-order chi connectivity index (χ0) is 36.2. The number of ether oxygens (including phenoxy) is 9. The molecule has 0 aromatic rings. The molecule has 3 saturated heterocycles. The van der Waals surface area contributed by atoms with E-state index in [4.69, 9.17) is 42.6 Å². The summed E-state index contributed by atoms with van der Waals surface area (Å²) in [6, 6.07) is 0. The van der Waals surface area contributed by atoms with Gasteiger partial charge in [-0.2, -0.15) is 0 Å². The minimum atomic E-state index is -1.67. The first kappa shape index (κ1) is 40.2. The summed E-state index contributed by atoms with van der Waals surface area (Å²) in [5.74, 6) is -2.15. The largest absolute Gasteiger partial charge is 0.459 e. The van der Waals surface area contributed by atoms with Gasteiger partial charge in [0.05, 0.1) is 43.2 Å². The third-order valence-corrected chi connectivity index (χ3v) is 10.5. The topological polar surface area (TPSA) is 181 Å². The average molecular weight is 703 g/mol. The summed E-state index contributed by atoms with van der Waals surface area (Å²) in [6.45, 7) is 10.6. The van der Waals surface area contributed by atoms with Crippen molar-refractivity contribution >= 4 is 11.8 Å². The summed E-state index contributed by atoms with van der Waals surface area (Å²) in [7, 11) is 4.48. The van der Waals surface area contributed by atoms with Crippen LogP contribution in [0.25, 0.3) is 0 Å². The number of cyclic esters (lactones) is 1. The van der Waals surface area contributed by atoms with Crippen molar-refractivity contribution in [3.05, 3.63) is 12.2 Å². The Hall–Kier alpha value is -1.56. The van der Waals surface area contributed by atoms with E-state index in [0.29, 0.717) is 12.8 Å². The van der Waals surface area contributed by atoms with Crippen LogP contribution in [-0.4, -0.2) is 140 Å². The Morgan fingerprint density at radius 1 is 0.878 bits per heavy atom. The Balaban J connectivity index is 1.54. The maximum atomic E-state index is 13.4. The highest BCUT2D eigenvalue weighted by Crippen LogP contribution is 2.38. The smallest absolute Gasteiger partial charge is 0.330 e. The number of fused-ring (bicyclic) bond motifs is 1. The lowest BCUT2D eigenvalue weighted by atomic mass is 9.81. The predicted molar refractivity (Wildman–Crippen MR) is 173 cm³/mol. The average Bonchev–Trinajstić information content (AvgIpc) is 3.82. The fraction of sp³-hybridized carbons (Fsp3) is 0.886. The molecule has 0 amide bonds. The number of epoxide rings is 1. The van der Waals surface area contributed by atoms with E-state index in [1.165, 1.54) is 34.3 Å². The van der Waals surface area contributed by atoms with Gasteiger partial charge >= 0.3 is 5.97 Å². The Labute approximate surface area is 289 Å². The molecule has 3 N–H and O–H groups in total. The van der Waals surface area contributed by atoms with Crippen molar-refractivity contribution in [1.82, 2.24) is 0 Å². The molecule has 4 rings (SSSR count). The number of aliphatic hydroxyl groups is 3. The molecule has 49 heavy (non-hydrogen) atoms. The van der Waals surface area contributed by atoms with Crippen LogP contribution in [0.5, 0.6) is 0 Å². The van der Waals surface area contributed by atoms with E-state index in [1.807, 2.05) is 20.8 Å². The van der Waals surface area contributed by atoms with Crippen LogP contribution >= 0.6 is 0 Å². The molecule has 4 aliphatic heterocycles. The molecule has 0 aromatic carbocycles. The Morgan fingerprint density at radius 3 is 2.22 bits per heavy atom. The van der Waals surface area contributed by atoms with Crippen molar-refractivity contribution in [3.8, 4) is 0 Å². The zero-order valence-corrected chi connectivity index (χ0v) is 30.3. The first-order chi connectivity index (χ1) is 23.1. The summed E-state index contributed by atoms with van der Waals surface area (Å²) in [5, 5.41) is 32.9. The molecule has 0 saturated carbocycles. The van der Waals surface area contributed by atoms with Crippen LogP contribution in [0.4, 0.5) is 0 Å². The van der Waals surface area contributed by atoms with Gasteiger partial charge in [0.1, 0.15) is 36.1 Å². The highest BCUT2D eigenvalue weighted by atomic mass is 16.7. The van der Waals surface area contributed by atoms with Gasteiger partial charge in [-0.15, -0.1) is 0 Å². The Bertz CT molecular complexity index is 1120. The molecule has 0 aromatic heterocycles. The van der Waals surface area contributed by atoms with E-state index in [9.17, 15) is 24.9 Å². The molecule has 282 valence electrons. The molecule has 14 nitrogen and oxygen atoms in total. The van der Waals surface area contributed by atoms with Crippen molar-refractivity contribution in [2.24, 2.45) is 17.8 Å². The van der Waals surface area contributed by atoms with Crippen molar-refractivity contribution in [2.75, 3.05) is 27.9 Å². The number of methoxy groups -OCH3 is 3. The quantitative estimate of drug-likeness (QED) is 0.246. The fourth-order valence-electron chi connectivity index (χ4n) is 7.44. The highest BCUT2D eigenvalue weighted by Gasteiger charge is 2.51. The van der Waals surface area contributed by atoms with Gasteiger partial charge in [-0.1, -0.05) is 19.9 Å². The third kappa shape index (κ3) is 9.86. The summed E-state index contributed by atoms with van der Waals surface area (Å²) in [4.78, 5) is 26.6. The molecule has 14 heteroatoms. The number of rotatable bonds is 8. The lowest BCUT2D eigenvalue weighted by molar-refractivity contribution is -0.305. The molecule has 0 unspecified atom stereocenters. The monoisotopic (exact) mass is 702 g/mol. The minimum absolute atomic E-state index is 0.0587. The molecule has 17 atom stereocenters. The Morgan fingerprint density at radius 2 is 1.57 bits per heavy atom. The Kier molecular flexibility index (Phi) is 14.2. The van der Waals surface area contributed by atoms with Crippen LogP contribution in [0.2, 0.25) is 0 Å². The number of carbonyl (C=O) groups is 2. The number of esters is 1. The fourth-order valence-corrected chi connectivity index (χ4v) is 7.44. The van der Waals surface area contributed by atoms with Gasteiger partial charge in [0, 0.05) is 52.1 Å². The highest BCUT2D eigenvalue weighted by molar-refractivity contribution is 5.86. The van der Waals surface area contributed by atoms with Crippen LogP contribution in [0.1, 0.15) is 67.2 Å². The number of carbonyl (C=O) groups excluding carboxylic acids is 2. The second-order valence-electron chi connectivity index (χ2n) is 14.4. The predicted octanol–water partition coefficient (Wildman–Crippen LogP) is 1.68. The number of Topliss-reactive ketones (excluding diaryl/α,β-unsaturated/α-hetero) is 1. The van der Waals surface area contributed by atoms with E-state index in [-0.39, 0.29) is 49.5 Å². The van der Waals surface area contributed by atoms with Crippen LogP contribution < -0.4 is 0 Å². The summed E-state index contributed by atoms with van der Waals surface area (Å²) < 4.78 is 52.8. The van der Waals surface area contributed by atoms with E-state index in [2.05, 4.69) is 0 Å². The van der Waals surface area contributed by atoms with Crippen LogP contribution in [0.15, 0.2) is 12.2 Å². The second kappa shape index (κ2) is 17.3. The van der Waals surface area contributed by atoms with Gasteiger partial charge in [-0.05, 0) is 46.5 Å². The minimum Gasteiger partial charge on any atom is -0.459 e. The molecule has 4 heterocycles. The molecule has 0 bridgehead atoms. The van der Waals surface area contributed by atoms with Crippen LogP contribution in [0, 0.1) is 17.8 Å².